The predicted octanol–water partition coefficient (Wildman–Crippen LogP) is 3.98. The van der Waals surface area contributed by atoms with Crippen LogP contribution in [0.2, 0.25) is 0 Å². The van der Waals surface area contributed by atoms with Crippen molar-refractivity contribution in [1.29, 1.82) is 5.26 Å². The molecule has 0 amide bonds. The SMILES string of the molecule is CNC1CCC(NCc2cc(-c3ccc(C#N)cc3)ccc2F)CC1. The molecule has 0 atom stereocenters. The molecule has 0 unspecified atom stereocenters. The molecule has 0 aromatic heterocycles. The van der Waals surface area contributed by atoms with Crippen LogP contribution < -0.4 is 10.6 Å². The molecule has 1 fully saturated rings. The fourth-order valence-corrected chi connectivity index (χ4v) is 3.47. The zero-order valence-corrected chi connectivity index (χ0v) is 14.6. The van der Waals surface area contributed by atoms with Crippen LogP contribution in [0.1, 0.15) is 36.8 Å². The first-order valence-corrected chi connectivity index (χ1v) is 8.89. The van der Waals surface area contributed by atoms with E-state index in [1.54, 1.807) is 18.2 Å². The van der Waals surface area contributed by atoms with Crippen molar-refractivity contribution < 1.29 is 4.39 Å². The number of nitrogens with zero attached hydrogens (tertiary/aromatic N) is 1. The number of rotatable bonds is 5. The minimum absolute atomic E-state index is 0.172. The minimum Gasteiger partial charge on any atom is -0.317 e. The van der Waals surface area contributed by atoms with E-state index in [9.17, 15) is 4.39 Å². The third-order valence-electron chi connectivity index (χ3n) is 5.11. The van der Waals surface area contributed by atoms with E-state index < -0.39 is 0 Å². The van der Waals surface area contributed by atoms with Gasteiger partial charge in [0.1, 0.15) is 5.82 Å². The molecule has 3 rings (SSSR count). The molecular weight excluding hydrogens is 313 g/mol. The molecule has 2 aromatic rings. The summed E-state index contributed by atoms with van der Waals surface area (Å²) in [6.07, 6.45) is 4.59. The van der Waals surface area contributed by atoms with Crippen molar-refractivity contribution in [2.75, 3.05) is 7.05 Å². The summed E-state index contributed by atoms with van der Waals surface area (Å²) in [7, 11) is 2.02. The summed E-state index contributed by atoms with van der Waals surface area (Å²) in [6.45, 7) is 0.546. The molecule has 1 aliphatic carbocycles. The highest BCUT2D eigenvalue weighted by Gasteiger charge is 2.19. The summed E-state index contributed by atoms with van der Waals surface area (Å²) < 4.78 is 14.2. The maximum Gasteiger partial charge on any atom is 0.127 e. The third-order valence-corrected chi connectivity index (χ3v) is 5.11. The zero-order valence-electron chi connectivity index (χ0n) is 14.6. The molecule has 3 nitrogen and oxygen atoms in total. The lowest BCUT2D eigenvalue weighted by Crippen LogP contribution is -2.38. The summed E-state index contributed by atoms with van der Waals surface area (Å²) in [5.41, 5.74) is 3.29. The maximum atomic E-state index is 14.2. The zero-order chi connectivity index (χ0) is 17.6. The molecule has 0 saturated heterocycles. The molecule has 0 radical (unpaired) electrons. The van der Waals surface area contributed by atoms with Crippen LogP contribution in [-0.4, -0.2) is 19.1 Å². The van der Waals surface area contributed by atoms with Crippen LogP contribution in [-0.2, 0) is 6.54 Å². The van der Waals surface area contributed by atoms with Crippen molar-refractivity contribution in [2.24, 2.45) is 0 Å². The van der Waals surface area contributed by atoms with Crippen molar-refractivity contribution in [1.82, 2.24) is 10.6 Å². The van der Waals surface area contributed by atoms with Crippen LogP contribution in [0.15, 0.2) is 42.5 Å². The van der Waals surface area contributed by atoms with Gasteiger partial charge in [-0.3, -0.25) is 0 Å². The van der Waals surface area contributed by atoms with E-state index in [2.05, 4.69) is 16.7 Å². The fourth-order valence-electron chi connectivity index (χ4n) is 3.47. The van der Waals surface area contributed by atoms with Gasteiger partial charge in [0.25, 0.3) is 0 Å². The van der Waals surface area contributed by atoms with Gasteiger partial charge in [-0.25, -0.2) is 4.39 Å². The lowest BCUT2D eigenvalue weighted by molar-refractivity contribution is 0.316. The summed E-state index contributed by atoms with van der Waals surface area (Å²) >= 11 is 0. The Morgan fingerprint density at radius 1 is 1.00 bits per heavy atom. The van der Waals surface area contributed by atoms with Crippen LogP contribution in [0, 0.1) is 17.1 Å². The van der Waals surface area contributed by atoms with Crippen LogP contribution in [0.4, 0.5) is 4.39 Å². The first kappa shape index (κ1) is 17.6. The van der Waals surface area contributed by atoms with E-state index in [0.717, 1.165) is 24.0 Å². The number of halogens is 1. The summed E-state index contributed by atoms with van der Waals surface area (Å²) in [6, 6.07) is 15.8. The highest BCUT2D eigenvalue weighted by Crippen LogP contribution is 2.24. The normalized spacial score (nSPS) is 20.2. The Kier molecular flexibility index (Phi) is 5.80. The molecule has 25 heavy (non-hydrogen) atoms. The average molecular weight is 337 g/mol. The minimum atomic E-state index is -0.172. The lowest BCUT2D eigenvalue weighted by atomic mass is 9.91. The number of nitriles is 1. The molecule has 130 valence electrons. The molecule has 1 saturated carbocycles. The van der Waals surface area contributed by atoms with Crippen molar-refractivity contribution in [2.45, 2.75) is 44.3 Å². The van der Waals surface area contributed by atoms with Gasteiger partial charge in [0.2, 0.25) is 0 Å². The molecule has 1 aliphatic rings. The topological polar surface area (TPSA) is 47.8 Å². The van der Waals surface area contributed by atoms with Crippen molar-refractivity contribution >= 4 is 0 Å². The van der Waals surface area contributed by atoms with Crippen LogP contribution >= 0.6 is 0 Å². The van der Waals surface area contributed by atoms with E-state index >= 15 is 0 Å². The van der Waals surface area contributed by atoms with Crippen molar-refractivity contribution in [3.8, 4) is 17.2 Å². The van der Waals surface area contributed by atoms with E-state index in [-0.39, 0.29) is 5.82 Å². The Hall–Kier alpha value is -2.22. The number of hydrogen-bond donors (Lipinski definition) is 2. The molecule has 4 heteroatoms. The summed E-state index contributed by atoms with van der Waals surface area (Å²) in [5, 5.41) is 15.7. The first-order chi connectivity index (χ1) is 12.2. The first-order valence-electron chi connectivity index (χ1n) is 8.89. The van der Waals surface area contributed by atoms with Gasteiger partial charge in [-0.1, -0.05) is 18.2 Å². The highest BCUT2D eigenvalue weighted by molar-refractivity contribution is 5.65. The molecule has 0 spiro atoms. The quantitative estimate of drug-likeness (QED) is 0.867. The van der Waals surface area contributed by atoms with E-state index in [4.69, 9.17) is 5.26 Å². The van der Waals surface area contributed by atoms with Gasteiger partial charge in [-0.15, -0.1) is 0 Å². The van der Waals surface area contributed by atoms with Crippen LogP contribution in [0.5, 0.6) is 0 Å². The van der Waals surface area contributed by atoms with Crippen LogP contribution in [0.25, 0.3) is 11.1 Å². The van der Waals surface area contributed by atoms with E-state index in [1.807, 2.05) is 25.2 Å². The Balaban J connectivity index is 1.66. The number of benzene rings is 2. The van der Waals surface area contributed by atoms with Crippen LogP contribution in [0.3, 0.4) is 0 Å². The number of nitrogens with one attached hydrogen (secondary N) is 2. The molecular formula is C21H24FN3. The summed E-state index contributed by atoms with van der Waals surface area (Å²) in [4.78, 5) is 0. The third kappa shape index (κ3) is 4.45. The molecule has 2 aromatic carbocycles. The van der Waals surface area contributed by atoms with Gasteiger partial charge >= 0.3 is 0 Å². The smallest absolute Gasteiger partial charge is 0.127 e. The van der Waals surface area contributed by atoms with E-state index in [0.29, 0.717) is 29.8 Å². The molecule has 0 bridgehead atoms. The van der Waals surface area contributed by atoms with Gasteiger partial charge in [-0.05, 0) is 68.1 Å². The van der Waals surface area contributed by atoms with Crippen molar-refractivity contribution in [3.63, 3.8) is 0 Å². The van der Waals surface area contributed by atoms with Gasteiger partial charge in [0.15, 0.2) is 0 Å². The Bertz CT molecular complexity index is 741. The average Bonchev–Trinajstić information content (AvgIpc) is 2.68. The van der Waals surface area contributed by atoms with Gasteiger partial charge in [-0.2, -0.15) is 5.26 Å². The second-order valence-electron chi connectivity index (χ2n) is 6.71. The predicted molar refractivity (Wildman–Crippen MR) is 98.5 cm³/mol. The Labute approximate surface area is 148 Å². The highest BCUT2D eigenvalue weighted by atomic mass is 19.1. The summed E-state index contributed by atoms with van der Waals surface area (Å²) in [5.74, 6) is -0.172. The second-order valence-corrected chi connectivity index (χ2v) is 6.71. The van der Waals surface area contributed by atoms with Gasteiger partial charge < -0.3 is 10.6 Å². The molecule has 0 heterocycles. The second kappa shape index (κ2) is 8.24. The molecule has 0 aliphatic heterocycles. The standard InChI is InChI=1S/C21H24FN3/c1-24-19-7-9-20(10-8-19)25-14-18-12-17(6-11-21(18)22)16-4-2-15(13-23)3-5-16/h2-6,11-12,19-20,24-25H,7-10,14H2,1H3. The largest absolute Gasteiger partial charge is 0.317 e. The maximum absolute atomic E-state index is 14.2. The van der Waals surface area contributed by atoms with Crippen molar-refractivity contribution in [3.05, 3.63) is 59.4 Å². The monoisotopic (exact) mass is 337 g/mol. The van der Waals surface area contributed by atoms with E-state index in [1.165, 1.54) is 18.9 Å². The van der Waals surface area contributed by atoms with Gasteiger partial charge in [0, 0.05) is 24.2 Å². The Morgan fingerprint density at radius 3 is 2.28 bits per heavy atom. The fraction of sp³-hybridized carbons (Fsp3) is 0.381. The Morgan fingerprint density at radius 2 is 1.64 bits per heavy atom. The number of hydrogen-bond acceptors (Lipinski definition) is 3. The lowest BCUT2D eigenvalue weighted by Gasteiger charge is -2.29. The molecule has 2 N–H and O–H groups in total. The van der Waals surface area contributed by atoms with Gasteiger partial charge in [0.05, 0.1) is 11.6 Å².